The minimum atomic E-state index is -0.356. The van der Waals surface area contributed by atoms with Gasteiger partial charge in [0.1, 0.15) is 5.78 Å². The number of carbonyl (C=O) groups excluding carboxylic acids is 1. The Bertz CT molecular complexity index is 844. The fraction of sp³-hybridized carbons (Fsp3) is 0.278. The summed E-state index contributed by atoms with van der Waals surface area (Å²) in [4.78, 5) is 12.0. The quantitative estimate of drug-likeness (QED) is 0.656. The van der Waals surface area contributed by atoms with Crippen LogP contribution in [0.25, 0.3) is 22.2 Å². The zero-order chi connectivity index (χ0) is 16.4. The van der Waals surface area contributed by atoms with E-state index < -0.39 is 0 Å². The molecule has 0 saturated heterocycles. The zero-order valence-corrected chi connectivity index (χ0v) is 14.2. The summed E-state index contributed by atoms with van der Waals surface area (Å²) in [7, 11) is 0. The van der Waals surface area contributed by atoms with Gasteiger partial charge in [0.25, 0.3) is 5.22 Å². The Balaban J connectivity index is 1.83. The standard InChI is InChI=1S/C18H18N2O2S/c1-18(2,3)15(21)11-23-17-20-19-16(22-17)14-10-6-8-12-7-4-5-9-13(12)14/h4-10H,11H2,1-3H3. The van der Waals surface area contributed by atoms with Crippen molar-refractivity contribution < 1.29 is 9.21 Å². The number of aromatic nitrogens is 2. The van der Waals surface area contributed by atoms with Gasteiger partial charge in [-0.25, -0.2) is 0 Å². The molecule has 2 aromatic carbocycles. The molecule has 0 atom stereocenters. The van der Waals surface area contributed by atoms with Gasteiger partial charge in [-0.1, -0.05) is 68.9 Å². The van der Waals surface area contributed by atoms with Crippen LogP contribution in [0, 0.1) is 5.41 Å². The molecule has 5 heteroatoms. The summed E-state index contributed by atoms with van der Waals surface area (Å²) in [5.74, 6) is 0.973. The van der Waals surface area contributed by atoms with Gasteiger partial charge in [-0.3, -0.25) is 4.79 Å². The van der Waals surface area contributed by atoms with E-state index >= 15 is 0 Å². The molecule has 0 fully saturated rings. The highest BCUT2D eigenvalue weighted by atomic mass is 32.2. The van der Waals surface area contributed by atoms with Crippen molar-refractivity contribution in [1.82, 2.24) is 10.2 Å². The van der Waals surface area contributed by atoms with Crippen molar-refractivity contribution in [3.63, 3.8) is 0 Å². The predicted octanol–water partition coefficient (Wildman–Crippen LogP) is 4.60. The van der Waals surface area contributed by atoms with Crippen LogP contribution >= 0.6 is 11.8 Å². The van der Waals surface area contributed by atoms with Crippen LogP contribution in [0.15, 0.2) is 52.1 Å². The highest BCUT2D eigenvalue weighted by Gasteiger charge is 2.22. The molecule has 0 unspecified atom stereocenters. The lowest BCUT2D eigenvalue weighted by molar-refractivity contribution is -0.123. The first-order valence-electron chi connectivity index (χ1n) is 7.43. The fourth-order valence-electron chi connectivity index (χ4n) is 2.13. The monoisotopic (exact) mass is 326 g/mol. The first-order chi connectivity index (χ1) is 10.9. The lowest BCUT2D eigenvalue weighted by atomic mass is 9.92. The summed E-state index contributed by atoms with van der Waals surface area (Å²) >= 11 is 1.29. The van der Waals surface area contributed by atoms with Gasteiger partial charge >= 0.3 is 0 Å². The average molecular weight is 326 g/mol. The summed E-state index contributed by atoms with van der Waals surface area (Å²) in [6.07, 6.45) is 0. The largest absolute Gasteiger partial charge is 0.411 e. The summed E-state index contributed by atoms with van der Waals surface area (Å²) in [5.41, 5.74) is 0.551. The molecule has 0 aliphatic carbocycles. The van der Waals surface area contributed by atoms with E-state index in [1.54, 1.807) is 0 Å². The minimum absolute atomic E-state index is 0.160. The van der Waals surface area contributed by atoms with Gasteiger partial charge in [0, 0.05) is 11.0 Å². The highest BCUT2D eigenvalue weighted by Crippen LogP contribution is 2.30. The van der Waals surface area contributed by atoms with E-state index in [0.29, 0.717) is 16.9 Å². The number of carbonyl (C=O) groups is 1. The molecule has 4 nitrogen and oxygen atoms in total. The van der Waals surface area contributed by atoms with Gasteiger partial charge < -0.3 is 4.42 Å². The van der Waals surface area contributed by atoms with Crippen LogP contribution in [0.5, 0.6) is 0 Å². The minimum Gasteiger partial charge on any atom is -0.411 e. The fourth-order valence-corrected chi connectivity index (χ4v) is 3.06. The van der Waals surface area contributed by atoms with Crippen molar-refractivity contribution in [2.24, 2.45) is 5.41 Å². The van der Waals surface area contributed by atoms with Gasteiger partial charge in [0.05, 0.1) is 5.75 Å². The second kappa shape index (κ2) is 6.16. The third-order valence-electron chi connectivity index (χ3n) is 3.59. The number of Topliss-reactive ketones (excluding diaryl/α,β-unsaturated/α-hetero) is 1. The Morgan fingerprint density at radius 2 is 1.83 bits per heavy atom. The first kappa shape index (κ1) is 15.7. The number of nitrogens with zero attached hydrogens (tertiary/aromatic N) is 2. The number of fused-ring (bicyclic) bond motifs is 1. The third kappa shape index (κ3) is 3.45. The number of ketones is 1. The summed E-state index contributed by atoms with van der Waals surface area (Å²) in [6, 6.07) is 14.0. The number of benzene rings is 2. The van der Waals surface area contributed by atoms with E-state index in [2.05, 4.69) is 10.2 Å². The molecule has 0 saturated carbocycles. The predicted molar refractivity (Wildman–Crippen MR) is 92.4 cm³/mol. The van der Waals surface area contributed by atoms with E-state index in [1.807, 2.05) is 63.2 Å². The van der Waals surface area contributed by atoms with Crippen LogP contribution in [0.3, 0.4) is 0 Å². The molecule has 118 valence electrons. The topological polar surface area (TPSA) is 56.0 Å². The summed E-state index contributed by atoms with van der Waals surface area (Å²) in [5, 5.41) is 10.8. The molecule has 23 heavy (non-hydrogen) atoms. The number of hydrogen-bond donors (Lipinski definition) is 0. The first-order valence-corrected chi connectivity index (χ1v) is 8.41. The maximum atomic E-state index is 12.0. The normalized spacial score (nSPS) is 11.8. The van der Waals surface area contributed by atoms with Crippen LogP contribution in [-0.4, -0.2) is 21.7 Å². The molecule has 0 aliphatic rings. The second-order valence-electron chi connectivity index (χ2n) is 6.36. The van der Waals surface area contributed by atoms with Crippen molar-refractivity contribution >= 4 is 28.3 Å². The van der Waals surface area contributed by atoms with Gasteiger partial charge in [-0.05, 0) is 16.8 Å². The molecule has 3 aromatic rings. The van der Waals surface area contributed by atoms with Crippen LogP contribution in [0.1, 0.15) is 20.8 Å². The van der Waals surface area contributed by atoms with Crippen LogP contribution < -0.4 is 0 Å². The molecule has 1 heterocycles. The molecule has 0 aliphatic heterocycles. The molecular formula is C18H18N2O2S. The Morgan fingerprint density at radius 1 is 1.09 bits per heavy atom. The molecule has 3 rings (SSSR count). The van der Waals surface area contributed by atoms with Crippen molar-refractivity contribution in [1.29, 1.82) is 0 Å². The van der Waals surface area contributed by atoms with Crippen molar-refractivity contribution in [3.8, 4) is 11.5 Å². The van der Waals surface area contributed by atoms with Crippen LogP contribution in [-0.2, 0) is 4.79 Å². The zero-order valence-electron chi connectivity index (χ0n) is 13.4. The molecule has 0 spiro atoms. The van der Waals surface area contributed by atoms with E-state index in [-0.39, 0.29) is 11.2 Å². The second-order valence-corrected chi connectivity index (χ2v) is 7.29. The lowest BCUT2D eigenvalue weighted by Crippen LogP contribution is -2.21. The smallest absolute Gasteiger partial charge is 0.277 e. The van der Waals surface area contributed by atoms with Gasteiger partial charge in [-0.2, -0.15) is 0 Å². The third-order valence-corrected chi connectivity index (χ3v) is 4.41. The lowest BCUT2D eigenvalue weighted by Gasteiger charge is -2.14. The number of hydrogen-bond acceptors (Lipinski definition) is 5. The van der Waals surface area contributed by atoms with Crippen molar-refractivity contribution in [2.75, 3.05) is 5.75 Å². The van der Waals surface area contributed by atoms with E-state index in [4.69, 9.17) is 4.42 Å². The Morgan fingerprint density at radius 3 is 2.61 bits per heavy atom. The molecule has 0 radical (unpaired) electrons. The average Bonchev–Trinajstić information content (AvgIpc) is 3.00. The summed E-state index contributed by atoms with van der Waals surface area (Å²) in [6.45, 7) is 5.72. The van der Waals surface area contributed by atoms with Crippen LogP contribution in [0.2, 0.25) is 0 Å². The number of rotatable bonds is 4. The molecule has 1 aromatic heterocycles. The van der Waals surface area contributed by atoms with E-state index in [0.717, 1.165) is 16.3 Å². The van der Waals surface area contributed by atoms with E-state index in [1.165, 1.54) is 11.8 Å². The molecule has 0 amide bonds. The maximum absolute atomic E-state index is 12.0. The van der Waals surface area contributed by atoms with Gasteiger partial charge in [0.15, 0.2) is 0 Å². The Hall–Kier alpha value is -2.14. The Kier molecular flexibility index (Phi) is 4.22. The highest BCUT2D eigenvalue weighted by molar-refractivity contribution is 7.99. The maximum Gasteiger partial charge on any atom is 0.277 e. The van der Waals surface area contributed by atoms with Gasteiger partial charge in [0.2, 0.25) is 5.89 Å². The van der Waals surface area contributed by atoms with Crippen LogP contribution in [0.4, 0.5) is 0 Å². The molecule has 0 bridgehead atoms. The van der Waals surface area contributed by atoms with Crippen molar-refractivity contribution in [3.05, 3.63) is 42.5 Å². The number of thioether (sulfide) groups is 1. The van der Waals surface area contributed by atoms with Crippen molar-refractivity contribution in [2.45, 2.75) is 26.0 Å². The van der Waals surface area contributed by atoms with E-state index in [9.17, 15) is 4.79 Å². The summed E-state index contributed by atoms with van der Waals surface area (Å²) < 4.78 is 5.73. The molecular weight excluding hydrogens is 308 g/mol. The van der Waals surface area contributed by atoms with Gasteiger partial charge in [-0.15, -0.1) is 10.2 Å². The Labute approximate surface area is 139 Å². The molecule has 0 N–H and O–H groups in total. The SMILES string of the molecule is CC(C)(C)C(=O)CSc1nnc(-c2cccc3ccccc23)o1.